The number of amidine groups is 1. The number of aromatic nitrogens is 2. The van der Waals surface area contributed by atoms with E-state index in [0.29, 0.717) is 11.7 Å². The molecule has 1 heterocycles. The number of nitrogens with zero attached hydrogens (tertiary/aromatic N) is 3. The zero-order valence-electron chi connectivity index (χ0n) is 7.22. The summed E-state index contributed by atoms with van der Waals surface area (Å²) in [5.41, 5.74) is 5.93. The van der Waals surface area contributed by atoms with Crippen LogP contribution in [0.5, 0.6) is 0 Å². The Hall–Kier alpha value is -1.52. The largest absolute Gasteiger partial charge is 0.409 e. The lowest BCUT2D eigenvalue weighted by Crippen LogP contribution is -2.16. The van der Waals surface area contributed by atoms with Gasteiger partial charge in [-0.25, -0.2) is 4.98 Å². The first-order chi connectivity index (χ1) is 6.31. The Morgan fingerprint density at radius 3 is 3.00 bits per heavy atom. The molecular weight excluding hydrogens is 168 g/mol. The molecule has 0 aliphatic heterocycles. The van der Waals surface area contributed by atoms with Crippen LogP contribution in [0, 0.1) is 0 Å². The molecule has 1 aromatic rings. The molecule has 1 saturated carbocycles. The molecule has 1 aliphatic rings. The summed E-state index contributed by atoms with van der Waals surface area (Å²) in [5, 5.41) is 11.3. The Morgan fingerprint density at radius 1 is 1.69 bits per heavy atom. The summed E-state index contributed by atoms with van der Waals surface area (Å²) in [4.78, 5) is 4.04. The molecule has 13 heavy (non-hydrogen) atoms. The van der Waals surface area contributed by atoms with Gasteiger partial charge in [-0.3, -0.25) is 0 Å². The number of oxime groups is 1. The van der Waals surface area contributed by atoms with E-state index in [9.17, 15) is 0 Å². The van der Waals surface area contributed by atoms with Gasteiger partial charge in [0.1, 0.15) is 5.69 Å². The van der Waals surface area contributed by atoms with Crippen molar-refractivity contribution in [3.05, 3.63) is 18.2 Å². The lowest BCUT2D eigenvalue weighted by Gasteiger charge is -2.26. The average Bonchev–Trinajstić information content (AvgIpc) is 2.49. The maximum absolute atomic E-state index is 8.42. The maximum atomic E-state index is 8.42. The second kappa shape index (κ2) is 3.08. The molecule has 0 unspecified atom stereocenters. The van der Waals surface area contributed by atoms with Crippen LogP contribution in [0.1, 0.15) is 31.0 Å². The molecule has 0 aromatic carbocycles. The first-order valence-electron chi connectivity index (χ1n) is 4.32. The van der Waals surface area contributed by atoms with Crippen LogP contribution in [-0.4, -0.2) is 20.6 Å². The highest BCUT2D eigenvalue weighted by molar-refractivity contribution is 5.94. The molecule has 3 N–H and O–H groups in total. The van der Waals surface area contributed by atoms with Gasteiger partial charge in [-0.2, -0.15) is 0 Å². The van der Waals surface area contributed by atoms with Crippen molar-refractivity contribution in [3.8, 4) is 0 Å². The fourth-order valence-corrected chi connectivity index (χ4v) is 1.40. The van der Waals surface area contributed by atoms with Crippen molar-refractivity contribution < 1.29 is 5.21 Å². The van der Waals surface area contributed by atoms with Crippen molar-refractivity contribution >= 4 is 5.84 Å². The minimum atomic E-state index is 0.0677. The first kappa shape index (κ1) is 8.10. The quantitative estimate of drug-likeness (QED) is 0.304. The molecule has 0 bridgehead atoms. The van der Waals surface area contributed by atoms with Crippen LogP contribution in [0.3, 0.4) is 0 Å². The fourth-order valence-electron chi connectivity index (χ4n) is 1.40. The molecule has 0 spiro atoms. The molecule has 5 heteroatoms. The zero-order valence-corrected chi connectivity index (χ0v) is 7.22. The third-order valence-electron chi connectivity index (χ3n) is 2.47. The van der Waals surface area contributed by atoms with Gasteiger partial charge in [-0.15, -0.1) is 0 Å². The van der Waals surface area contributed by atoms with E-state index in [1.165, 1.54) is 19.3 Å². The fraction of sp³-hybridized carbons (Fsp3) is 0.500. The lowest BCUT2D eigenvalue weighted by molar-refractivity contribution is 0.313. The Kier molecular flexibility index (Phi) is 1.92. The SMILES string of the molecule is N/C(=N/O)c1cn(C2CCC2)cn1. The lowest BCUT2D eigenvalue weighted by atomic mass is 9.93. The van der Waals surface area contributed by atoms with Gasteiger partial charge in [0, 0.05) is 12.2 Å². The summed E-state index contributed by atoms with van der Waals surface area (Å²) < 4.78 is 2.02. The normalized spacial score (nSPS) is 18.6. The number of nitrogens with two attached hydrogens (primary N) is 1. The smallest absolute Gasteiger partial charge is 0.190 e. The molecule has 0 atom stereocenters. The van der Waals surface area contributed by atoms with E-state index in [2.05, 4.69) is 10.1 Å². The summed E-state index contributed by atoms with van der Waals surface area (Å²) >= 11 is 0. The van der Waals surface area contributed by atoms with E-state index in [1.807, 2.05) is 10.8 Å². The molecule has 70 valence electrons. The standard InChI is InChI=1S/C8H12N4O/c9-8(11-13)7-4-12(5-10-7)6-2-1-3-6/h4-6,13H,1-3H2,(H2,9,11). The number of rotatable bonds is 2. The van der Waals surface area contributed by atoms with E-state index in [-0.39, 0.29) is 5.84 Å². The van der Waals surface area contributed by atoms with Gasteiger partial charge in [-0.05, 0) is 19.3 Å². The Labute approximate surface area is 75.9 Å². The molecule has 1 aromatic heterocycles. The Morgan fingerprint density at radius 2 is 2.46 bits per heavy atom. The molecule has 2 rings (SSSR count). The molecule has 0 saturated heterocycles. The molecule has 1 fully saturated rings. The minimum absolute atomic E-state index is 0.0677. The van der Waals surface area contributed by atoms with Gasteiger partial charge in [0.2, 0.25) is 0 Å². The molecule has 0 radical (unpaired) electrons. The van der Waals surface area contributed by atoms with E-state index in [1.54, 1.807) is 6.33 Å². The second-order valence-corrected chi connectivity index (χ2v) is 3.28. The van der Waals surface area contributed by atoms with E-state index >= 15 is 0 Å². The van der Waals surface area contributed by atoms with Gasteiger partial charge >= 0.3 is 0 Å². The van der Waals surface area contributed by atoms with Gasteiger partial charge in [-0.1, -0.05) is 5.16 Å². The summed E-state index contributed by atoms with van der Waals surface area (Å²) in [6.07, 6.45) is 7.23. The summed E-state index contributed by atoms with van der Waals surface area (Å²) in [6.45, 7) is 0. The summed E-state index contributed by atoms with van der Waals surface area (Å²) in [7, 11) is 0. The molecule has 1 aliphatic carbocycles. The van der Waals surface area contributed by atoms with Crippen LogP contribution in [0.25, 0.3) is 0 Å². The molecular formula is C8H12N4O. The Bertz CT molecular complexity index is 327. The van der Waals surface area contributed by atoms with Crippen molar-refractivity contribution in [1.29, 1.82) is 0 Å². The molecule has 0 amide bonds. The zero-order chi connectivity index (χ0) is 9.26. The van der Waals surface area contributed by atoms with Crippen molar-refractivity contribution in [2.45, 2.75) is 25.3 Å². The monoisotopic (exact) mass is 180 g/mol. The predicted molar refractivity (Wildman–Crippen MR) is 47.6 cm³/mol. The van der Waals surface area contributed by atoms with E-state index in [0.717, 1.165) is 0 Å². The number of imidazole rings is 1. The predicted octanol–water partition coefficient (Wildman–Crippen LogP) is 0.703. The van der Waals surface area contributed by atoms with Crippen LogP contribution in [-0.2, 0) is 0 Å². The number of hydrogen-bond acceptors (Lipinski definition) is 3. The topological polar surface area (TPSA) is 76.4 Å². The van der Waals surface area contributed by atoms with Crippen LogP contribution in [0.4, 0.5) is 0 Å². The van der Waals surface area contributed by atoms with Gasteiger partial charge in [0.15, 0.2) is 5.84 Å². The maximum Gasteiger partial charge on any atom is 0.190 e. The highest BCUT2D eigenvalue weighted by Crippen LogP contribution is 2.31. The van der Waals surface area contributed by atoms with Crippen LogP contribution >= 0.6 is 0 Å². The third-order valence-corrected chi connectivity index (χ3v) is 2.47. The van der Waals surface area contributed by atoms with Crippen molar-refractivity contribution in [1.82, 2.24) is 9.55 Å². The Balaban J connectivity index is 2.17. The number of hydrogen-bond donors (Lipinski definition) is 2. The van der Waals surface area contributed by atoms with Crippen LogP contribution in [0.2, 0.25) is 0 Å². The average molecular weight is 180 g/mol. The van der Waals surface area contributed by atoms with E-state index < -0.39 is 0 Å². The van der Waals surface area contributed by atoms with Crippen molar-refractivity contribution in [3.63, 3.8) is 0 Å². The third kappa shape index (κ3) is 1.37. The van der Waals surface area contributed by atoms with Crippen molar-refractivity contribution in [2.75, 3.05) is 0 Å². The van der Waals surface area contributed by atoms with Crippen LogP contribution < -0.4 is 5.73 Å². The minimum Gasteiger partial charge on any atom is -0.409 e. The first-order valence-corrected chi connectivity index (χ1v) is 4.32. The molecule has 5 nitrogen and oxygen atoms in total. The van der Waals surface area contributed by atoms with Gasteiger partial charge < -0.3 is 15.5 Å². The van der Waals surface area contributed by atoms with Gasteiger partial charge in [0.25, 0.3) is 0 Å². The summed E-state index contributed by atoms with van der Waals surface area (Å²) in [6, 6.07) is 0.563. The highest BCUT2D eigenvalue weighted by atomic mass is 16.4. The second-order valence-electron chi connectivity index (χ2n) is 3.28. The summed E-state index contributed by atoms with van der Waals surface area (Å²) in [5.74, 6) is 0.0677. The van der Waals surface area contributed by atoms with Crippen LogP contribution in [0.15, 0.2) is 17.7 Å². The van der Waals surface area contributed by atoms with Crippen molar-refractivity contribution in [2.24, 2.45) is 10.9 Å². The van der Waals surface area contributed by atoms with Gasteiger partial charge in [0.05, 0.1) is 6.33 Å². The highest BCUT2D eigenvalue weighted by Gasteiger charge is 2.19. The van der Waals surface area contributed by atoms with E-state index in [4.69, 9.17) is 10.9 Å².